The van der Waals surface area contributed by atoms with Gasteiger partial charge in [-0.1, -0.05) is 30.0 Å². The SMILES string of the molecule is C=CCn1c(SCc2cccc(C(=O)OC)c2)nnc1-c1ccco1. The molecule has 0 saturated carbocycles. The number of ether oxygens (including phenoxy) is 1. The second-order valence-electron chi connectivity index (χ2n) is 5.16. The van der Waals surface area contributed by atoms with Crippen molar-refractivity contribution in [2.24, 2.45) is 0 Å². The van der Waals surface area contributed by atoms with Crippen LogP contribution in [0.25, 0.3) is 11.6 Å². The van der Waals surface area contributed by atoms with Crippen molar-refractivity contribution in [1.82, 2.24) is 14.8 Å². The highest BCUT2D eigenvalue weighted by molar-refractivity contribution is 7.98. The van der Waals surface area contributed by atoms with E-state index >= 15 is 0 Å². The molecule has 0 aliphatic rings. The highest BCUT2D eigenvalue weighted by Crippen LogP contribution is 2.27. The van der Waals surface area contributed by atoms with Gasteiger partial charge in [0.05, 0.1) is 18.9 Å². The molecule has 7 heteroatoms. The van der Waals surface area contributed by atoms with Crippen LogP contribution >= 0.6 is 11.8 Å². The van der Waals surface area contributed by atoms with Gasteiger partial charge >= 0.3 is 5.97 Å². The summed E-state index contributed by atoms with van der Waals surface area (Å²) < 4.78 is 12.1. The number of esters is 1. The summed E-state index contributed by atoms with van der Waals surface area (Å²) >= 11 is 1.53. The number of nitrogens with zero attached hydrogens (tertiary/aromatic N) is 3. The highest BCUT2D eigenvalue weighted by Gasteiger charge is 2.15. The molecule has 0 amide bonds. The zero-order chi connectivity index (χ0) is 17.6. The van der Waals surface area contributed by atoms with E-state index in [0.717, 1.165) is 10.7 Å². The highest BCUT2D eigenvalue weighted by atomic mass is 32.2. The molecule has 3 aromatic rings. The van der Waals surface area contributed by atoms with E-state index in [-0.39, 0.29) is 5.97 Å². The van der Waals surface area contributed by atoms with E-state index in [9.17, 15) is 4.79 Å². The number of rotatable bonds is 7. The van der Waals surface area contributed by atoms with Gasteiger partial charge in [0, 0.05) is 12.3 Å². The Balaban J connectivity index is 1.79. The Morgan fingerprint density at radius 2 is 2.24 bits per heavy atom. The summed E-state index contributed by atoms with van der Waals surface area (Å²) in [6.45, 7) is 4.37. The van der Waals surface area contributed by atoms with E-state index in [1.807, 2.05) is 34.9 Å². The van der Waals surface area contributed by atoms with Crippen molar-refractivity contribution in [3.8, 4) is 11.6 Å². The second-order valence-corrected chi connectivity index (χ2v) is 6.11. The van der Waals surface area contributed by atoms with Crippen molar-refractivity contribution < 1.29 is 13.9 Å². The van der Waals surface area contributed by atoms with Gasteiger partial charge in [0.1, 0.15) is 0 Å². The second kappa shape index (κ2) is 7.85. The van der Waals surface area contributed by atoms with Crippen LogP contribution in [0.4, 0.5) is 0 Å². The van der Waals surface area contributed by atoms with Gasteiger partial charge in [-0.2, -0.15) is 0 Å². The normalized spacial score (nSPS) is 10.6. The number of allylic oxidation sites excluding steroid dienone is 1. The van der Waals surface area contributed by atoms with Crippen LogP contribution in [-0.2, 0) is 17.0 Å². The van der Waals surface area contributed by atoms with Gasteiger partial charge in [0.15, 0.2) is 10.9 Å². The summed E-state index contributed by atoms with van der Waals surface area (Å²) in [4.78, 5) is 11.6. The van der Waals surface area contributed by atoms with Crippen LogP contribution in [0.2, 0.25) is 0 Å². The number of furan rings is 1. The number of carbonyl (C=O) groups excluding carboxylic acids is 1. The Labute approximate surface area is 149 Å². The predicted octanol–water partition coefficient (Wildman–Crippen LogP) is 3.80. The quantitative estimate of drug-likeness (QED) is 0.365. The Morgan fingerprint density at radius 3 is 2.96 bits per heavy atom. The molecule has 0 spiro atoms. The summed E-state index contributed by atoms with van der Waals surface area (Å²) in [5.41, 5.74) is 1.53. The summed E-state index contributed by atoms with van der Waals surface area (Å²) in [7, 11) is 1.37. The third kappa shape index (κ3) is 3.83. The van der Waals surface area contributed by atoms with Gasteiger partial charge in [0.25, 0.3) is 0 Å². The molecule has 1 aromatic carbocycles. The molecule has 0 unspecified atom stereocenters. The van der Waals surface area contributed by atoms with Gasteiger partial charge in [-0.25, -0.2) is 4.79 Å². The smallest absolute Gasteiger partial charge is 0.337 e. The molecular weight excluding hydrogens is 338 g/mol. The molecule has 3 rings (SSSR count). The van der Waals surface area contributed by atoms with Crippen molar-refractivity contribution in [2.45, 2.75) is 17.5 Å². The van der Waals surface area contributed by atoms with Crippen LogP contribution in [0.3, 0.4) is 0 Å². The van der Waals surface area contributed by atoms with E-state index < -0.39 is 0 Å². The lowest BCUT2D eigenvalue weighted by atomic mass is 10.1. The topological polar surface area (TPSA) is 70.2 Å². The lowest BCUT2D eigenvalue weighted by Gasteiger charge is -2.07. The Morgan fingerprint density at radius 1 is 1.36 bits per heavy atom. The van der Waals surface area contributed by atoms with Crippen molar-refractivity contribution >= 4 is 17.7 Å². The molecule has 2 aromatic heterocycles. The first-order valence-electron chi connectivity index (χ1n) is 7.61. The van der Waals surface area contributed by atoms with Gasteiger partial charge in [-0.15, -0.1) is 16.8 Å². The molecule has 0 aliphatic heterocycles. The number of aromatic nitrogens is 3. The molecule has 0 atom stereocenters. The zero-order valence-corrected chi connectivity index (χ0v) is 14.5. The lowest BCUT2D eigenvalue weighted by Crippen LogP contribution is -2.02. The van der Waals surface area contributed by atoms with Gasteiger partial charge in [0.2, 0.25) is 5.82 Å². The van der Waals surface area contributed by atoms with Crippen LogP contribution < -0.4 is 0 Å². The summed E-state index contributed by atoms with van der Waals surface area (Å²) in [5.74, 6) is 1.63. The third-order valence-electron chi connectivity index (χ3n) is 3.49. The van der Waals surface area contributed by atoms with E-state index in [0.29, 0.717) is 29.4 Å². The molecule has 0 radical (unpaired) electrons. The van der Waals surface area contributed by atoms with Crippen LogP contribution in [0, 0.1) is 0 Å². The van der Waals surface area contributed by atoms with Crippen molar-refractivity contribution in [3.05, 3.63) is 66.4 Å². The first-order valence-corrected chi connectivity index (χ1v) is 8.59. The zero-order valence-electron chi connectivity index (χ0n) is 13.7. The number of benzene rings is 1. The molecule has 0 aliphatic carbocycles. The molecule has 128 valence electrons. The first kappa shape index (κ1) is 17.0. The standard InChI is InChI=1S/C18H17N3O3S/c1-3-9-21-16(15-8-5-10-24-15)19-20-18(21)25-12-13-6-4-7-14(11-13)17(22)23-2/h3-8,10-11H,1,9,12H2,2H3. The Hall–Kier alpha value is -2.80. The lowest BCUT2D eigenvalue weighted by molar-refractivity contribution is 0.0600. The summed E-state index contributed by atoms with van der Waals surface area (Å²) in [6, 6.07) is 11.0. The number of carbonyl (C=O) groups is 1. The maximum absolute atomic E-state index is 11.6. The largest absolute Gasteiger partial charge is 0.465 e. The third-order valence-corrected chi connectivity index (χ3v) is 4.52. The van der Waals surface area contributed by atoms with E-state index in [2.05, 4.69) is 16.8 Å². The van der Waals surface area contributed by atoms with Crippen LogP contribution in [0.5, 0.6) is 0 Å². The predicted molar refractivity (Wildman–Crippen MR) is 95.3 cm³/mol. The van der Waals surface area contributed by atoms with Crippen molar-refractivity contribution in [3.63, 3.8) is 0 Å². The van der Waals surface area contributed by atoms with Gasteiger partial charge in [-0.05, 0) is 29.8 Å². The molecule has 2 heterocycles. The molecule has 0 bridgehead atoms. The fourth-order valence-corrected chi connectivity index (χ4v) is 3.22. The fraction of sp³-hybridized carbons (Fsp3) is 0.167. The first-order chi connectivity index (χ1) is 12.2. The minimum atomic E-state index is -0.346. The van der Waals surface area contributed by atoms with Crippen LogP contribution in [0.15, 0.2) is 64.9 Å². The van der Waals surface area contributed by atoms with E-state index in [1.165, 1.54) is 18.9 Å². The number of hydrogen-bond acceptors (Lipinski definition) is 6. The maximum atomic E-state index is 11.6. The van der Waals surface area contributed by atoms with E-state index in [1.54, 1.807) is 18.4 Å². The van der Waals surface area contributed by atoms with E-state index in [4.69, 9.17) is 9.15 Å². The Bertz CT molecular complexity index is 872. The molecule has 25 heavy (non-hydrogen) atoms. The molecule has 0 saturated heterocycles. The minimum Gasteiger partial charge on any atom is -0.465 e. The average Bonchev–Trinajstić information content (AvgIpc) is 3.29. The molecule has 0 N–H and O–H groups in total. The van der Waals surface area contributed by atoms with Gasteiger partial charge < -0.3 is 9.15 Å². The van der Waals surface area contributed by atoms with Gasteiger partial charge in [-0.3, -0.25) is 4.57 Å². The Kier molecular flexibility index (Phi) is 5.35. The summed E-state index contributed by atoms with van der Waals surface area (Å²) in [6.07, 6.45) is 3.39. The minimum absolute atomic E-state index is 0.346. The van der Waals surface area contributed by atoms with Crippen LogP contribution in [0.1, 0.15) is 15.9 Å². The number of methoxy groups -OCH3 is 1. The monoisotopic (exact) mass is 355 g/mol. The number of thioether (sulfide) groups is 1. The maximum Gasteiger partial charge on any atom is 0.337 e. The molecular formula is C18H17N3O3S. The molecule has 6 nitrogen and oxygen atoms in total. The van der Waals surface area contributed by atoms with Crippen molar-refractivity contribution in [1.29, 1.82) is 0 Å². The number of hydrogen-bond donors (Lipinski definition) is 0. The molecule has 0 fully saturated rings. The fourth-order valence-electron chi connectivity index (χ4n) is 2.33. The summed E-state index contributed by atoms with van der Waals surface area (Å²) in [5, 5.41) is 9.24. The average molecular weight is 355 g/mol. The van der Waals surface area contributed by atoms with Crippen molar-refractivity contribution in [2.75, 3.05) is 7.11 Å². The van der Waals surface area contributed by atoms with Crippen LogP contribution in [-0.4, -0.2) is 27.8 Å².